The lowest BCUT2D eigenvalue weighted by Crippen LogP contribution is -2.49. The summed E-state index contributed by atoms with van der Waals surface area (Å²) in [4.78, 5) is 3.76. The second-order valence-electron chi connectivity index (χ2n) is 15.0. The Labute approximate surface area is 248 Å². The molecule has 2 aliphatic heterocycles. The molecule has 0 unspecified atom stereocenters. The summed E-state index contributed by atoms with van der Waals surface area (Å²) in [6, 6.07) is 2.44. The van der Waals surface area contributed by atoms with Gasteiger partial charge < -0.3 is 19.1 Å². The molecule has 1 spiro atoms. The van der Waals surface area contributed by atoms with E-state index >= 15 is 0 Å². The van der Waals surface area contributed by atoms with Crippen molar-refractivity contribution in [2.24, 2.45) is 5.41 Å². The van der Waals surface area contributed by atoms with E-state index in [1.54, 1.807) is 0 Å². The van der Waals surface area contributed by atoms with Crippen LogP contribution in [0.5, 0.6) is 0 Å². The maximum atomic E-state index is 14.5. The molecule has 3 aliphatic rings. The number of hydrogen-bond donors (Lipinski definition) is 0. The van der Waals surface area contributed by atoms with Crippen LogP contribution in [-0.4, -0.2) is 26.5 Å². The van der Waals surface area contributed by atoms with Crippen LogP contribution in [0.25, 0.3) is 0 Å². The first-order valence-electron chi connectivity index (χ1n) is 15.1. The molecule has 1 aliphatic carbocycles. The maximum absolute atomic E-state index is 14.5. The fourth-order valence-corrected chi connectivity index (χ4v) is 8.00. The van der Waals surface area contributed by atoms with Crippen molar-refractivity contribution in [3.63, 3.8) is 0 Å². The third kappa shape index (κ3) is 5.30. The van der Waals surface area contributed by atoms with Gasteiger partial charge in [0.2, 0.25) is 5.69 Å². The minimum absolute atomic E-state index is 0.0372. The van der Waals surface area contributed by atoms with Gasteiger partial charge in [0.1, 0.15) is 11.8 Å². The second kappa shape index (κ2) is 10.3. The molecular formula is C32H45F3N2O4Si. The van der Waals surface area contributed by atoms with Crippen LogP contribution < -0.4 is 4.73 Å². The number of rotatable bonds is 4. The quantitative estimate of drug-likeness (QED) is 0.200. The van der Waals surface area contributed by atoms with Gasteiger partial charge in [0.15, 0.2) is 14.0 Å². The molecule has 1 saturated heterocycles. The summed E-state index contributed by atoms with van der Waals surface area (Å²) in [5, 5.41) is 14.4. The van der Waals surface area contributed by atoms with Gasteiger partial charge in [0.25, 0.3) is 0 Å². The first-order valence-corrected chi connectivity index (χ1v) is 18.0. The highest BCUT2D eigenvalue weighted by Crippen LogP contribution is 2.58. The third-order valence-corrected chi connectivity index (χ3v) is 14.3. The normalized spacial score (nSPS) is 23.7. The maximum Gasteiger partial charge on any atom is 0.433 e. The number of aromatic nitrogens is 2. The van der Waals surface area contributed by atoms with E-state index in [9.17, 15) is 18.4 Å². The van der Waals surface area contributed by atoms with Crippen LogP contribution in [0, 0.1) is 10.6 Å². The van der Waals surface area contributed by atoms with Crippen molar-refractivity contribution in [2.75, 3.05) is 13.2 Å². The van der Waals surface area contributed by atoms with Gasteiger partial charge in [-0.15, -0.1) is 0 Å². The summed E-state index contributed by atoms with van der Waals surface area (Å²) < 4.78 is 61.2. The number of ether oxygens (including phenoxy) is 2. The molecule has 0 bridgehead atoms. The van der Waals surface area contributed by atoms with Crippen LogP contribution >= 0.6 is 0 Å². The van der Waals surface area contributed by atoms with Crippen molar-refractivity contribution in [3.05, 3.63) is 62.9 Å². The molecule has 4 heterocycles. The van der Waals surface area contributed by atoms with Gasteiger partial charge in [-0.1, -0.05) is 54.5 Å². The van der Waals surface area contributed by atoms with Crippen molar-refractivity contribution in [2.45, 2.75) is 122 Å². The minimum Gasteiger partial charge on any atom is -0.618 e. The standard InChI is InChI=1S/C32H45F3N2O4Si/c1-19(2)27-25-26(24-21(37(27)38)16-30(6,7)17-22(24)41-42(8,9)29(3,4)5)31(12-14-39-15-13-31)40-28(25)20-10-11-23(36-18-20)32(33,34)35/h10-11,18-19,22,28H,12-17H2,1-9H3/t22-,28+/m0/s1. The Balaban J connectivity index is 1.80. The second-order valence-corrected chi connectivity index (χ2v) is 19.7. The van der Waals surface area contributed by atoms with Crippen molar-refractivity contribution >= 4 is 8.32 Å². The van der Waals surface area contributed by atoms with E-state index in [2.05, 4.69) is 52.7 Å². The smallest absolute Gasteiger partial charge is 0.433 e. The van der Waals surface area contributed by atoms with Crippen LogP contribution in [0.2, 0.25) is 18.1 Å². The molecule has 0 N–H and O–H groups in total. The van der Waals surface area contributed by atoms with E-state index in [-0.39, 0.29) is 22.5 Å². The lowest BCUT2D eigenvalue weighted by Gasteiger charge is -2.45. The summed E-state index contributed by atoms with van der Waals surface area (Å²) in [6.07, 6.45) is -1.76. The molecule has 2 aromatic rings. The first kappa shape index (κ1) is 31.4. The topological polar surface area (TPSA) is 67.5 Å². The Morgan fingerprint density at radius 1 is 1.10 bits per heavy atom. The zero-order valence-electron chi connectivity index (χ0n) is 26.4. The molecule has 2 atom stereocenters. The molecule has 0 aromatic carbocycles. The summed E-state index contributed by atoms with van der Waals surface area (Å²) in [7, 11) is -2.27. The number of nitrogens with zero attached hydrogens (tertiary/aromatic N) is 2. The molecular weight excluding hydrogens is 561 g/mol. The molecule has 2 aromatic heterocycles. The Bertz CT molecular complexity index is 1340. The van der Waals surface area contributed by atoms with E-state index in [1.165, 1.54) is 12.3 Å². The predicted octanol–water partition coefficient (Wildman–Crippen LogP) is 8.02. The van der Waals surface area contributed by atoms with Gasteiger partial charge in [-0.3, -0.25) is 4.98 Å². The predicted molar refractivity (Wildman–Crippen MR) is 157 cm³/mol. The van der Waals surface area contributed by atoms with Gasteiger partial charge >= 0.3 is 6.18 Å². The summed E-state index contributed by atoms with van der Waals surface area (Å²) in [6.45, 7) is 20.5. The molecule has 0 saturated carbocycles. The monoisotopic (exact) mass is 606 g/mol. The van der Waals surface area contributed by atoms with Crippen LogP contribution in [0.3, 0.4) is 0 Å². The number of alkyl halides is 3. The number of halogens is 3. The number of pyridine rings is 2. The van der Waals surface area contributed by atoms with E-state index in [0.717, 1.165) is 39.6 Å². The summed E-state index contributed by atoms with van der Waals surface area (Å²) in [5.74, 6) is -0.144. The van der Waals surface area contributed by atoms with E-state index in [4.69, 9.17) is 13.9 Å². The zero-order valence-corrected chi connectivity index (χ0v) is 27.4. The van der Waals surface area contributed by atoms with Crippen molar-refractivity contribution < 1.29 is 31.8 Å². The van der Waals surface area contributed by atoms with Crippen LogP contribution in [0.15, 0.2) is 18.3 Å². The molecule has 10 heteroatoms. The van der Waals surface area contributed by atoms with Gasteiger partial charge in [0, 0.05) is 55.7 Å². The largest absolute Gasteiger partial charge is 0.618 e. The number of hydrogen-bond acceptors (Lipinski definition) is 5. The van der Waals surface area contributed by atoms with Gasteiger partial charge in [0.05, 0.1) is 22.8 Å². The number of fused-ring (bicyclic) bond motifs is 4. The fraction of sp³-hybridized carbons (Fsp3) is 0.688. The van der Waals surface area contributed by atoms with Crippen molar-refractivity contribution in [1.29, 1.82) is 0 Å². The third-order valence-electron chi connectivity index (χ3n) is 9.83. The average Bonchev–Trinajstić information content (AvgIpc) is 3.16. The van der Waals surface area contributed by atoms with Gasteiger partial charge in [-0.2, -0.15) is 17.9 Å². The van der Waals surface area contributed by atoms with E-state index in [1.807, 2.05) is 13.8 Å². The Kier molecular flexibility index (Phi) is 7.69. The van der Waals surface area contributed by atoms with Crippen molar-refractivity contribution in [3.8, 4) is 0 Å². The Morgan fingerprint density at radius 2 is 1.74 bits per heavy atom. The highest BCUT2D eigenvalue weighted by Gasteiger charge is 2.56. The van der Waals surface area contributed by atoms with Gasteiger partial charge in [-0.05, 0) is 36.0 Å². The summed E-state index contributed by atoms with van der Waals surface area (Å²) in [5.41, 5.74) is 2.70. The molecule has 42 heavy (non-hydrogen) atoms. The molecule has 0 radical (unpaired) electrons. The highest BCUT2D eigenvalue weighted by molar-refractivity contribution is 6.74. The van der Waals surface area contributed by atoms with Crippen LogP contribution in [0.4, 0.5) is 13.2 Å². The Morgan fingerprint density at radius 3 is 2.26 bits per heavy atom. The van der Waals surface area contributed by atoms with E-state index in [0.29, 0.717) is 43.7 Å². The van der Waals surface area contributed by atoms with Crippen LogP contribution in [0.1, 0.15) is 125 Å². The van der Waals surface area contributed by atoms with Crippen molar-refractivity contribution in [1.82, 2.24) is 4.98 Å². The Hall–Kier alpha value is -2.01. The van der Waals surface area contributed by atoms with Gasteiger partial charge in [-0.25, -0.2) is 0 Å². The molecule has 232 valence electrons. The molecule has 6 nitrogen and oxygen atoms in total. The highest BCUT2D eigenvalue weighted by atomic mass is 28.4. The first-order chi connectivity index (χ1) is 19.3. The SMILES string of the molecule is CC(C)c1c2c(c3c([n+]1[O-])CC(C)(C)C[C@@H]3O[Si](C)(C)C(C)(C)C)C1(CCOCC1)O[C@@H]2c1ccc(C(F)(F)F)nc1. The molecule has 0 amide bonds. The zero-order chi connectivity index (χ0) is 31.0. The molecule has 1 fully saturated rings. The van der Waals surface area contributed by atoms with Crippen LogP contribution in [-0.2, 0) is 32.1 Å². The average molecular weight is 607 g/mol. The lowest BCUT2D eigenvalue weighted by atomic mass is 9.69. The summed E-state index contributed by atoms with van der Waals surface area (Å²) >= 11 is 0. The molecule has 5 rings (SSSR count). The van der Waals surface area contributed by atoms with E-state index < -0.39 is 31.9 Å². The lowest BCUT2D eigenvalue weighted by molar-refractivity contribution is -0.626. The minimum atomic E-state index is -4.55. The fourth-order valence-electron chi connectivity index (χ4n) is 6.73.